The third-order valence-electron chi connectivity index (χ3n) is 2.10. The van der Waals surface area contributed by atoms with Crippen LogP contribution in [0.4, 0.5) is 5.95 Å². The van der Waals surface area contributed by atoms with E-state index < -0.39 is 23.2 Å². The van der Waals surface area contributed by atoms with Crippen LogP contribution >= 0.6 is 0 Å². The first-order valence-corrected chi connectivity index (χ1v) is 4.64. The van der Waals surface area contributed by atoms with Gasteiger partial charge < -0.3 is 20.3 Å². The molecule has 7 heteroatoms. The van der Waals surface area contributed by atoms with Crippen molar-refractivity contribution < 1.29 is 20.1 Å². The molecule has 2 rings (SSSR count). The fourth-order valence-electron chi connectivity index (χ4n) is 1.26. The number of amides is 1. The highest BCUT2D eigenvalue weighted by Crippen LogP contribution is 2.37. The Balaban J connectivity index is 2.29. The summed E-state index contributed by atoms with van der Waals surface area (Å²) < 4.78 is 0. The Bertz CT molecular complexity index is 551. The molecule has 5 N–H and O–H groups in total. The van der Waals surface area contributed by atoms with Crippen LogP contribution in [0.1, 0.15) is 10.4 Å². The van der Waals surface area contributed by atoms with E-state index in [4.69, 9.17) is 5.11 Å². The summed E-state index contributed by atoms with van der Waals surface area (Å²) in [4.78, 5) is 18.1. The van der Waals surface area contributed by atoms with E-state index >= 15 is 0 Å². The SMILES string of the molecule is O=C(Nc1ncc[nH]1)c1ccc(O)c(O)c1O. The maximum absolute atomic E-state index is 11.7. The number of benzene rings is 1. The summed E-state index contributed by atoms with van der Waals surface area (Å²) in [7, 11) is 0. The Morgan fingerprint density at radius 1 is 1.24 bits per heavy atom. The van der Waals surface area contributed by atoms with Crippen LogP contribution in [0.3, 0.4) is 0 Å². The lowest BCUT2D eigenvalue weighted by molar-refractivity contribution is 0.102. The van der Waals surface area contributed by atoms with Gasteiger partial charge in [-0.2, -0.15) is 0 Å². The number of carbonyl (C=O) groups excluding carboxylic acids is 1. The van der Waals surface area contributed by atoms with E-state index in [1.165, 1.54) is 18.5 Å². The normalized spacial score (nSPS) is 10.1. The van der Waals surface area contributed by atoms with Crippen molar-refractivity contribution in [2.75, 3.05) is 5.32 Å². The lowest BCUT2D eigenvalue weighted by Gasteiger charge is -2.06. The molecule has 1 aromatic carbocycles. The lowest BCUT2D eigenvalue weighted by atomic mass is 10.1. The van der Waals surface area contributed by atoms with Gasteiger partial charge in [-0.1, -0.05) is 0 Å². The molecule has 0 spiro atoms. The van der Waals surface area contributed by atoms with Gasteiger partial charge in [0.1, 0.15) is 0 Å². The maximum atomic E-state index is 11.7. The third kappa shape index (κ3) is 1.98. The zero-order valence-corrected chi connectivity index (χ0v) is 8.51. The minimum atomic E-state index is -0.739. The van der Waals surface area contributed by atoms with Crippen LogP contribution in [0.15, 0.2) is 24.5 Å². The van der Waals surface area contributed by atoms with E-state index in [1.54, 1.807) is 0 Å². The van der Waals surface area contributed by atoms with Gasteiger partial charge in [-0.15, -0.1) is 0 Å². The maximum Gasteiger partial charge on any atom is 0.261 e. The molecular formula is C10H9N3O4. The average Bonchev–Trinajstić information content (AvgIpc) is 2.78. The van der Waals surface area contributed by atoms with Crippen molar-refractivity contribution in [1.82, 2.24) is 9.97 Å². The van der Waals surface area contributed by atoms with E-state index in [9.17, 15) is 15.0 Å². The highest BCUT2D eigenvalue weighted by molar-refractivity contribution is 6.06. The molecule has 0 radical (unpaired) electrons. The molecule has 1 amide bonds. The summed E-state index contributed by atoms with van der Waals surface area (Å²) in [5.41, 5.74) is -0.170. The first-order chi connectivity index (χ1) is 8.09. The standard InChI is InChI=1S/C10H9N3O4/c14-6-2-1-5(7(15)8(6)16)9(17)13-10-11-3-4-12-10/h1-4,14-16H,(H2,11,12,13,17). The van der Waals surface area contributed by atoms with Gasteiger partial charge in [0.25, 0.3) is 5.91 Å². The lowest BCUT2D eigenvalue weighted by Crippen LogP contribution is -2.13. The average molecular weight is 235 g/mol. The summed E-state index contributed by atoms with van der Waals surface area (Å²) in [6, 6.07) is 2.29. The highest BCUT2D eigenvalue weighted by atomic mass is 16.3. The first-order valence-electron chi connectivity index (χ1n) is 4.64. The van der Waals surface area contributed by atoms with Crippen molar-refractivity contribution in [3.05, 3.63) is 30.1 Å². The van der Waals surface area contributed by atoms with Crippen molar-refractivity contribution in [2.45, 2.75) is 0 Å². The number of nitrogens with one attached hydrogen (secondary N) is 2. The minimum Gasteiger partial charge on any atom is -0.504 e. The van der Waals surface area contributed by atoms with Gasteiger partial charge in [-0.25, -0.2) is 4.98 Å². The summed E-state index contributed by atoms with van der Waals surface area (Å²) in [5.74, 6) is -2.38. The molecule has 0 aliphatic rings. The number of H-pyrrole nitrogens is 1. The fraction of sp³-hybridized carbons (Fsp3) is 0. The Kier molecular flexibility index (Phi) is 2.57. The van der Waals surface area contributed by atoms with Gasteiger partial charge in [0.2, 0.25) is 11.7 Å². The molecular weight excluding hydrogens is 226 g/mol. The number of rotatable bonds is 2. The van der Waals surface area contributed by atoms with Crippen molar-refractivity contribution in [3.8, 4) is 17.2 Å². The van der Waals surface area contributed by atoms with Crippen molar-refractivity contribution >= 4 is 11.9 Å². The van der Waals surface area contributed by atoms with E-state index in [0.717, 1.165) is 6.07 Å². The van der Waals surface area contributed by atoms with E-state index in [-0.39, 0.29) is 11.5 Å². The van der Waals surface area contributed by atoms with Gasteiger partial charge in [0, 0.05) is 12.4 Å². The molecule has 0 bridgehead atoms. The smallest absolute Gasteiger partial charge is 0.261 e. The number of imidazole rings is 1. The number of nitrogens with zero attached hydrogens (tertiary/aromatic N) is 1. The van der Waals surface area contributed by atoms with Crippen LogP contribution in [0.5, 0.6) is 17.2 Å². The number of hydrogen-bond donors (Lipinski definition) is 5. The molecule has 1 aromatic heterocycles. The minimum absolute atomic E-state index is 0.170. The van der Waals surface area contributed by atoms with Gasteiger partial charge in [-0.3, -0.25) is 10.1 Å². The van der Waals surface area contributed by atoms with Gasteiger partial charge in [0.05, 0.1) is 5.56 Å². The van der Waals surface area contributed by atoms with Crippen LogP contribution < -0.4 is 5.32 Å². The molecule has 0 aliphatic heterocycles. The topological polar surface area (TPSA) is 118 Å². The van der Waals surface area contributed by atoms with Crippen LogP contribution in [0.2, 0.25) is 0 Å². The number of aromatic amines is 1. The summed E-state index contributed by atoms with van der Waals surface area (Å²) >= 11 is 0. The molecule has 1 heterocycles. The second kappa shape index (κ2) is 4.05. The third-order valence-corrected chi connectivity index (χ3v) is 2.10. The molecule has 0 fully saturated rings. The number of aromatic nitrogens is 2. The largest absolute Gasteiger partial charge is 0.504 e. The number of carbonyl (C=O) groups is 1. The van der Waals surface area contributed by atoms with E-state index in [0.29, 0.717) is 0 Å². The van der Waals surface area contributed by atoms with Crippen molar-refractivity contribution in [2.24, 2.45) is 0 Å². The molecule has 0 atom stereocenters. The van der Waals surface area contributed by atoms with E-state index in [2.05, 4.69) is 15.3 Å². The fourth-order valence-corrected chi connectivity index (χ4v) is 1.26. The molecule has 7 nitrogen and oxygen atoms in total. The van der Waals surface area contributed by atoms with Gasteiger partial charge in [-0.05, 0) is 12.1 Å². The monoisotopic (exact) mass is 235 g/mol. The summed E-state index contributed by atoms with van der Waals surface area (Å²) in [5, 5.41) is 30.2. The Morgan fingerprint density at radius 3 is 2.65 bits per heavy atom. The number of phenols is 3. The number of phenolic OH excluding ortho intramolecular Hbond substituents is 3. The Labute approximate surface area is 95.4 Å². The van der Waals surface area contributed by atoms with E-state index in [1.807, 2.05) is 0 Å². The number of aromatic hydroxyl groups is 3. The van der Waals surface area contributed by atoms with Gasteiger partial charge in [0.15, 0.2) is 11.5 Å². The molecule has 17 heavy (non-hydrogen) atoms. The van der Waals surface area contributed by atoms with Crippen LogP contribution in [-0.4, -0.2) is 31.2 Å². The van der Waals surface area contributed by atoms with Crippen molar-refractivity contribution in [3.63, 3.8) is 0 Å². The summed E-state index contributed by atoms with van der Waals surface area (Å²) in [6.45, 7) is 0. The second-order valence-corrected chi connectivity index (χ2v) is 3.22. The van der Waals surface area contributed by atoms with Crippen LogP contribution in [0.25, 0.3) is 0 Å². The van der Waals surface area contributed by atoms with Crippen LogP contribution in [0, 0.1) is 0 Å². The molecule has 0 saturated heterocycles. The molecule has 0 saturated carbocycles. The zero-order valence-electron chi connectivity index (χ0n) is 8.51. The molecule has 88 valence electrons. The van der Waals surface area contributed by atoms with Crippen molar-refractivity contribution in [1.29, 1.82) is 0 Å². The number of anilines is 1. The van der Waals surface area contributed by atoms with Crippen LogP contribution in [-0.2, 0) is 0 Å². The zero-order chi connectivity index (χ0) is 12.4. The first kappa shape index (κ1) is 10.8. The predicted octanol–water partition coefficient (Wildman–Crippen LogP) is 0.779. The Hall–Kier alpha value is -2.70. The second-order valence-electron chi connectivity index (χ2n) is 3.22. The molecule has 0 unspecified atom stereocenters. The molecule has 2 aromatic rings. The highest BCUT2D eigenvalue weighted by Gasteiger charge is 2.17. The quantitative estimate of drug-likeness (QED) is 0.493. The predicted molar refractivity (Wildman–Crippen MR) is 58.0 cm³/mol. The summed E-state index contributed by atoms with van der Waals surface area (Å²) in [6.07, 6.45) is 2.97. The Morgan fingerprint density at radius 2 is 2.00 bits per heavy atom. The van der Waals surface area contributed by atoms with Gasteiger partial charge >= 0.3 is 0 Å². The molecule has 0 aliphatic carbocycles. The number of hydrogen-bond acceptors (Lipinski definition) is 5.